The highest BCUT2D eigenvalue weighted by Crippen LogP contribution is 2.19. The van der Waals surface area contributed by atoms with Crippen LogP contribution in [0.5, 0.6) is 0 Å². The highest BCUT2D eigenvalue weighted by atomic mass is 79.9. The molecule has 0 atom stereocenters. The van der Waals surface area contributed by atoms with Crippen LogP contribution in [0.15, 0.2) is 41.1 Å². The van der Waals surface area contributed by atoms with E-state index < -0.39 is 0 Å². The average Bonchev–Trinajstić information content (AvgIpc) is 2.32. The molecule has 0 fully saturated rings. The second kappa shape index (κ2) is 5.31. The number of aromatic nitrogens is 1. The lowest BCUT2D eigenvalue weighted by Gasteiger charge is -2.07. The fourth-order valence-electron chi connectivity index (χ4n) is 1.79. The first-order valence-electron chi connectivity index (χ1n) is 5.55. The van der Waals surface area contributed by atoms with E-state index >= 15 is 0 Å². The minimum Gasteiger partial charge on any atom is -0.398 e. The van der Waals surface area contributed by atoms with Gasteiger partial charge in [-0.15, -0.1) is 0 Å². The Morgan fingerprint density at radius 2 is 2.17 bits per heavy atom. The Labute approximate surface area is 114 Å². The van der Waals surface area contributed by atoms with E-state index in [2.05, 4.69) is 20.9 Å². The Morgan fingerprint density at radius 3 is 2.83 bits per heavy atom. The van der Waals surface area contributed by atoms with Gasteiger partial charge in [-0.3, -0.25) is 9.78 Å². The number of anilines is 1. The molecule has 0 radical (unpaired) electrons. The number of hydrogen-bond acceptors (Lipinski definition) is 3. The maximum Gasteiger partial charge on any atom is 0.167 e. The van der Waals surface area contributed by atoms with E-state index in [1.807, 2.05) is 25.1 Å². The van der Waals surface area contributed by atoms with Gasteiger partial charge >= 0.3 is 0 Å². The van der Waals surface area contributed by atoms with Crippen molar-refractivity contribution in [3.63, 3.8) is 0 Å². The van der Waals surface area contributed by atoms with Crippen LogP contribution >= 0.6 is 15.9 Å². The lowest BCUT2D eigenvalue weighted by molar-refractivity contribution is 0.0992. The molecular weight excluding hydrogens is 292 g/mol. The van der Waals surface area contributed by atoms with Crippen molar-refractivity contribution in [1.82, 2.24) is 4.98 Å². The third kappa shape index (κ3) is 2.76. The summed E-state index contributed by atoms with van der Waals surface area (Å²) in [4.78, 5) is 16.2. The zero-order valence-electron chi connectivity index (χ0n) is 9.98. The number of nitrogens with two attached hydrogens (primary N) is 1. The molecule has 0 aliphatic carbocycles. The normalized spacial score (nSPS) is 10.3. The number of rotatable bonds is 3. The first-order valence-corrected chi connectivity index (χ1v) is 6.35. The fraction of sp³-hybridized carbons (Fsp3) is 0.143. The molecule has 2 rings (SSSR count). The lowest BCUT2D eigenvalue weighted by atomic mass is 9.99. The van der Waals surface area contributed by atoms with Crippen LogP contribution in [0.2, 0.25) is 0 Å². The van der Waals surface area contributed by atoms with E-state index in [0.717, 1.165) is 21.2 Å². The van der Waals surface area contributed by atoms with Crippen molar-refractivity contribution in [3.8, 4) is 0 Å². The highest BCUT2D eigenvalue weighted by Gasteiger charge is 2.11. The van der Waals surface area contributed by atoms with Gasteiger partial charge in [0.05, 0.1) is 0 Å². The van der Waals surface area contributed by atoms with E-state index in [1.54, 1.807) is 18.5 Å². The monoisotopic (exact) mass is 304 g/mol. The van der Waals surface area contributed by atoms with Crippen LogP contribution in [0.25, 0.3) is 0 Å². The summed E-state index contributed by atoms with van der Waals surface area (Å²) in [6.45, 7) is 1.92. The molecule has 0 saturated heterocycles. The van der Waals surface area contributed by atoms with Gasteiger partial charge in [-0.2, -0.15) is 0 Å². The van der Waals surface area contributed by atoms with Crippen LogP contribution in [0.3, 0.4) is 0 Å². The number of hydrogen-bond donors (Lipinski definition) is 1. The van der Waals surface area contributed by atoms with E-state index in [4.69, 9.17) is 5.73 Å². The minimum absolute atomic E-state index is 0.0553. The van der Waals surface area contributed by atoms with Crippen molar-refractivity contribution in [1.29, 1.82) is 0 Å². The van der Waals surface area contributed by atoms with Crippen molar-refractivity contribution in [3.05, 3.63) is 57.8 Å². The van der Waals surface area contributed by atoms with Crippen LogP contribution in [0, 0.1) is 6.92 Å². The number of benzene rings is 1. The molecule has 0 bridgehead atoms. The Kier molecular flexibility index (Phi) is 3.77. The number of ketones is 1. The van der Waals surface area contributed by atoms with E-state index in [1.165, 1.54) is 0 Å². The van der Waals surface area contributed by atoms with Crippen LogP contribution in [0.1, 0.15) is 21.5 Å². The molecule has 0 saturated carbocycles. The van der Waals surface area contributed by atoms with Gasteiger partial charge in [0.25, 0.3) is 0 Å². The zero-order valence-corrected chi connectivity index (χ0v) is 11.6. The number of carbonyl (C=O) groups is 1. The van der Waals surface area contributed by atoms with Crippen LogP contribution in [-0.4, -0.2) is 10.8 Å². The summed E-state index contributed by atoms with van der Waals surface area (Å²) in [5.74, 6) is 0.0553. The number of carbonyl (C=O) groups excluding carboxylic acids is 1. The second-order valence-corrected chi connectivity index (χ2v) is 5.05. The predicted molar refractivity (Wildman–Crippen MR) is 75.6 cm³/mol. The topological polar surface area (TPSA) is 56.0 Å². The molecule has 1 heterocycles. The summed E-state index contributed by atoms with van der Waals surface area (Å²) >= 11 is 3.38. The molecule has 2 aromatic rings. The maximum atomic E-state index is 12.2. The zero-order chi connectivity index (χ0) is 13.1. The SMILES string of the molecule is Cc1cc(Br)ccc1C(=O)Cc1cnccc1N. The Balaban J connectivity index is 2.25. The van der Waals surface area contributed by atoms with Gasteiger partial charge in [-0.1, -0.05) is 22.0 Å². The molecule has 1 aromatic heterocycles. The summed E-state index contributed by atoms with van der Waals surface area (Å²) in [5.41, 5.74) is 8.86. The van der Waals surface area contributed by atoms with Gasteiger partial charge in [-0.05, 0) is 30.7 Å². The van der Waals surface area contributed by atoms with Gasteiger partial charge in [0, 0.05) is 40.1 Å². The van der Waals surface area contributed by atoms with E-state index in [9.17, 15) is 4.79 Å². The van der Waals surface area contributed by atoms with E-state index in [0.29, 0.717) is 5.69 Å². The number of nitrogens with zero attached hydrogens (tertiary/aromatic N) is 1. The molecule has 3 nitrogen and oxygen atoms in total. The Bertz CT molecular complexity index is 596. The smallest absolute Gasteiger partial charge is 0.167 e. The number of nitrogen functional groups attached to an aromatic ring is 1. The molecule has 0 unspecified atom stereocenters. The van der Waals surface area contributed by atoms with Crippen molar-refractivity contribution >= 4 is 27.4 Å². The Morgan fingerprint density at radius 1 is 1.39 bits per heavy atom. The summed E-state index contributed by atoms with van der Waals surface area (Å²) in [6.07, 6.45) is 3.54. The highest BCUT2D eigenvalue weighted by molar-refractivity contribution is 9.10. The van der Waals surface area contributed by atoms with Crippen LogP contribution in [-0.2, 0) is 6.42 Å². The third-order valence-electron chi connectivity index (χ3n) is 2.78. The molecular formula is C14H13BrN2O. The summed E-state index contributed by atoms with van der Waals surface area (Å²) in [7, 11) is 0. The van der Waals surface area contributed by atoms with Crippen molar-refractivity contribution < 1.29 is 4.79 Å². The fourth-order valence-corrected chi connectivity index (χ4v) is 2.27. The maximum absolute atomic E-state index is 12.2. The van der Waals surface area contributed by atoms with Crippen LogP contribution in [0.4, 0.5) is 5.69 Å². The predicted octanol–water partition coefficient (Wildman–Crippen LogP) is 3.16. The largest absolute Gasteiger partial charge is 0.398 e. The van der Waals surface area contributed by atoms with E-state index in [-0.39, 0.29) is 12.2 Å². The van der Waals surface area contributed by atoms with Crippen molar-refractivity contribution in [2.75, 3.05) is 5.73 Å². The lowest BCUT2D eigenvalue weighted by Crippen LogP contribution is -2.07. The van der Waals surface area contributed by atoms with Crippen molar-refractivity contribution in [2.45, 2.75) is 13.3 Å². The van der Waals surface area contributed by atoms with Gasteiger partial charge in [0.2, 0.25) is 0 Å². The summed E-state index contributed by atoms with van der Waals surface area (Å²) in [5, 5.41) is 0. The number of halogens is 1. The first-order chi connectivity index (χ1) is 8.58. The third-order valence-corrected chi connectivity index (χ3v) is 3.27. The molecule has 92 valence electrons. The number of Topliss-reactive ketones (excluding diaryl/α,β-unsaturated/α-hetero) is 1. The van der Waals surface area contributed by atoms with Gasteiger partial charge in [0.15, 0.2) is 5.78 Å². The molecule has 0 spiro atoms. The molecule has 0 aliphatic rings. The quantitative estimate of drug-likeness (QED) is 0.886. The molecule has 1 aromatic carbocycles. The standard InChI is InChI=1S/C14H13BrN2O/c1-9-6-11(15)2-3-12(9)14(18)7-10-8-17-5-4-13(10)16/h2-6,8H,7H2,1H3,(H2,16,17). The molecule has 0 aliphatic heterocycles. The second-order valence-electron chi connectivity index (χ2n) is 4.13. The summed E-state index contributed by atoms with van der Waals surface area (Å²) in [6, 6.07) is 7.33. The van der Waals surface area contributed by atoms with Gasteiger partial charge in [0.1, 0.15) is 0 Å². The first kappa shape index (κ1) is 12.8. The molecule has 2 N–H and O–H groups in total. The average molecular weight is 305 g/mol. The molecule has 4 heteroatoms. The molecule has 0 amide bonds. The minimum atomic E-state index is 0.0553. The summed E-state index contributed by atoms with van der Waals surface area (Å²) < 4.78 is 0.970. The van der Waals surface area contributed by atoms with Crippen LogP contribution < -0.4 is 5.73 Å². The van der Waals surface area contributed by atoms with Crippen molar-refractivity contribution in [2.24, 2.45) is 0 Å². The number of pyridine rings is 1. The molecule has 18 heavy (non-hydrogen) atoms. The van der Waals surface area contributed by atoms with Gasteiger partial charge < -0.3 is 5.73 Å². The van der Waals surface area contributed by atoms with Gasteiger partial charge in [-0.25, -0.2) is 0 Å². The Hall–Kier alpha value is -1.68. The number of aryl methyl sites for hydroxylation is 1.